The second kappa shape index (κ2) is 7.79. The maximum Gasteiger partial charge on any atom is 0.335 e. The van der Waals surface area contributed by atoms with Gasteiger partial charge in [-0.2, -0.15) is 0 Å². The number of ether oxygens (including phenoxy) is 1. The van der Waals surface area contributed by atoms with Crippen LogP contribution in [0.5, 0.6) is 0 Å². The fourth-order valence-electron chi connectivity index (χ4n) is 2.49. The Morgan fingerprint density at radius 1 is 1.36 bits per heavy atom. The zero-order valence-corrected chi connectivity index (χ0v) is 12.7. The fourth-order valence-corrected chi connectivity index (χ4v) is 2.49. The second-order valence-corrected chi connectivity index (χ2v) is 5.42. The number of carbonyl (C=O) groups is 2. The van der Waals surface area contributed by atoms with Crippen LogP contribution in [0.4, 0.5) is 4.79 Å². The summed E-state index contributed by atoms with van der Waals surface area (Å²) in [5.41, 5.74) is 1.12. The van der Waals surface area contributed by atoms with Crippen LogP contribution in [0.15, 0.2) is 24.3 Å². The van der Waals surface area contributed by atoms with Gasteiger partial charge in [0.05, 0.1) is 12.2 Å². The Morgan fingerprint density at radius 2 is 2.09 bits per heavy atom. The van der Waals surface area contributed by atoms with Crippen molar-refractivity contribution in [1.82, 2.24) is 10.2 Å². The van der Waals surface area contributed by atoms with Crippen LogP contribution in [0, 0.1) is 5.92 Å². The largest absolute Gasteiger partial charge is 0.478 e. The van der Waals surface area contributed by atoms with E-state index in [1.54, 1.807) is 17.0 Å². The monoisotopic (exact) mass is 306 g/mol. The van der Waals surface area contributed by atoms with E-state index in [4.69, 9.17) is 9.84 Å². The third kappa shape index (κ3) is 4.46. The van der Waals surface area contributed by atoms with E-state index in [2.05, 4.69) is 5.32 Å². The first kappa shape index (κ1) is 16.3. The number of hydrogen-bond acceptors (Lipinski definition) is 3. The van der Waals surface area contributed by atoms with Crippen LogP contribution in [-0.4, -0.2) is 48.3 Å². The van der Waals surface area contributed by atoms with Crippen LogP contribution >= 0.6 is 0 Å². The van der Waals surface area contributed by atoms with Crippen molar-refractivity contribution in [2.45, 2.75) is 19.9 Å². The molecule has 1 aromatic carbocycles. The molecule has 0 radical (unpaired) electrons. The molecule has 6 nitrogen and oxygen atoms in total. The Hall–Kier alpha value is -2.08. The predicted molar refractivity (Wildman–Crippen MR) is 81.8 cm³/mol. The summed E-state index contributed by atoms with van der Waals surface area (Å²) in [6, 6.07) is 6.42. The summed E-state index contributed by atoms with van der Waals surface area (Å²) in [5.74, 6) is -0.534. The van der Waals surface area contributed by atoms with Gasteiger partial charge in [-0.3, -0.25) is 0 Å². The molecule has 0 spiro atoms. The number of carboxylic acids is 1. The highest BCUT2D eigenvalue weighted by Crippen LogP contribution is 2.16. The Kier molecular flexibility index (Phi) is 5.77. The summed E-state index contributed by atoms with van der Waals surface area (Å²) in [6.45, 7) is 5.25. The van der Waals surface area contributed by atoms with Crippen molar-refractivity contribution >= 4 is 12.0 Å². The quantitative estimate of drug-likeness (QED) is 0.842. The lowest BCUT2D eigenvalue weighted by molar-refractivity contribution is 0.0697. The third-order valence-electron chi connectivity index (χ3n) is 3.78. The molecule has 1 aliphatic rings. The summed E-state index contributed by atoms with van der Waals surface area (Å²) in [6.07, 6.45) is 0.973. The number of nitrogens with zero attached hydrogens (tertiary/aromatic N) is 1. The number of aromatic carboxylic acids is 1. The van der Waals surface area contributed by atoms with Gasteiger partial charge in [-0.1, -0.05) is 12.1 Å². The molecule has 2 N–H and O–H groups in total. The SMILES string of the molecule is CCOCC1CCN(C(=O)NCc2ccc(C(=O)O)cc2)C1. The number of benzene rings is 1. The average Bonchev–Trinajstić information content (AvgIpc) is 3.00. The number of carbonyl (C=O) groups excluding carboxylic acids is 1. The normalized spacial score (nSPS) is 17.5. The first-order valence-corrected chi connectivity index (χ1v) is 7.53. The van der Waals surface area contributed by atoms with Crippen molar-refractivity contribution in [2.75, 3.05) is 26.3 Å². The van der Waals surface area contributed by atoms with Gasteiger partial charge in [0.2, 0.25) is 0 Å². The molecule has 1 saturated heterocycles. The molecule has 22 heavy (non-hydrogen) atoms. The lowest BCUT2D eigenvalue weighted by Gasteiger charge is -2.17. The third-order valence-corrected chi connectivity index (χ3v) is 3.78. The number of likely N-dealkylation sites (tertiary alicyclic amines) is 1. The van der Waals surface area contributed by atoms with Gasteiger partial charge >= 0.3 is 12.0 Å². The lowest BCUT2D eigenvalue weighted by Crippen LogP contribution is -2.38. The van der Waals surface area contributed by atoms with Gasteiger partial charge in [0.15, 0.2) is 0 Å². The van der Waals surface area contributed by atoms with Gasteiger partial charge in [0.25, 0.3) is 0 Å². The molecule has 2 rings (SSSR count). The van der Waals surface area contributed by atoms with Crippen molar-refractivity contribution in [2.24, 2.45) is 5.92 Å². The molecule has 0 aromatic heterocycles. The van der Waals surface area contributed by atoms with Crippen LogP contribution in [0.1, 0.15) is 29.3 Å². The van der Waals surface area contributed by atoms with E-state index in [0.717, 1.165) is 25.1 Å². The topological polar surface area (TPSA) is 78.9 Å². The van der Waals surface area contributed by atoms with Crippen LogP contribution in [0.3, 0.4) is 0 Å². The van der Waals surface area contributed by atoms with Crippen molar-refractivity contribution < 1.29 is 19.4 Å². The number of rotatable bonds is 6. The summed E-state index contributed by atoms with van der Waals surface area (Å²) in [7, 11) is 0. The molecule has 6 heteroatoms. The highest BCUT2D eigenvalue weighted by molar-refractivity contribution is 5.87. The molecule has 2 amide bonds. The van der Waals surface area contributed by atoms with Crippen molar-refractivity contribution in [3.8, 4) is 0 Å². The summed E-state index contributed by atoms with van der Waals surface area (Å²) < 4.78 is 5.40. The number of hydrogen-bond donors (Lipinski definition) is 2. The van der Waals surface area contributed by atoms with Crippen LogP contribution in [0.2, 0.25) is 0 Å². The predicted octanol–water partition coefficient (Wildman–Crippen LogP) is 1.95. The molecule has 1 aliphatic heterocycles. The van der Waals surface area contributed by atoms with Gasteiger partial charge in [-0.05, 0) is 31.0 Å². The number of amides is 2. The summed E-state index contributed by atoms with van der Waals surface area (Å²) in [4.78, 5) is 24.7. The van der Waals surface area contributed by atoms with Crippen molar-refractivity contribution in [3.63, 3.8) is 0 Å². The molecular formula is C16H22N2O4. The van der Waals surface area contributed by atoms with Gasteiger partial charge in [0, 0.05) is 32.2 Å². The Balaban J connectivity index is 1.77. The van der Waals surface area contributed by atoms with E-state index in [0.29, 0.717) is 25.7 Å². The van der Waals surface area contributed by atoms with E-state index < -0.39 is 5.97 Å². The summed E-state index contributed by atoms with van der Waals surface area (Å²) >= 11 is 0. The minimum absolute atomic E-state index is 0.0821. The van der Waals surface area contributed by atoms with Gasteiger partial charge in [-0.15, -0.1) is 0 Å². The molecule has 0 saturated carbocycles. The van der Waals surface area contributed by atoms with E-state index >= 15 is 0 Å². The zero-order chi connectivity index (χ0) is 15.9. The van der Waals surface area contributed by atoms with E-state index in [1.165, 1.54) is 12.1 Å². The molecule has 1 heterocycles. The molecule has 1 unspecified atom stereocenters. The van der Waals surface area contributed by atoms with Crippen molar-refractivity contribution in [3.05, 3.63) is 35.4 Å². The van der Waals surface area contributed by atoms with Gasteiger partial charge in [0.1, 0.15) is 0 Å². The Morgan fingerprint density at radius 3 is 2.73 bits per heavy atom. The zero-order valence-electron chi connectivity index (χ0n) is 12.7. The first-order valence-electron chi connectivity index (χ1n) is 7.53. The Bertz CT molecular complexity index is 515. The number of carboxylic acid groups (broad SMARTS) is 1. The standard InChI is InChI=1S/C16H22N2O4/c1-2-22-11-13-7-8-18(10-13)16(21)17-9-12-3-5-14(6-4-12)15(19)20/h3-6,13H,2,7-11H2,1H3,(H,17,21)(H,19,20). The second-order valence-electron chi connectivity index (χ2n) is 5.42. The number of urea groups is 1. The van der Waals surface area contributed by atoms with E-state index in [-0.39, 0.29) is 11.6 Å². The van der Waals surface area contributed by atoms with Crippen LogP contribution in [-0.2, 0) is 11.3 Å². The lowest BCUT2D eigenvalue weighted by atomic mass is 10.1. The van der Waals surface area contributed by atoms with Gasteiger partial charge in [-0.25, -0.2) is 9.59 Å². The molecule has 1 atom stereocenters. The highest BCUT2D eigenvalue weighted by atomic mass is 16.5. The number of nitrogens with one attached hydrogen (secondary N) is 1. The molecule has 1 aromatic rings. The Labute approximate surface area is 130 Å². The van der Waals surface area contributed by atoms with Crippen molar-refractivity contribution in [1.29, 1.82) is 0 Å². The molecule has 0 aliphatic carbocycles. The fraction of sp³-hybridized carbons (Fsp3) is 0.500. The maximum absolute atomic E-state index is 12.1. The highest BCUT2D eigenvalue weighted by Gasteiger charge is 2.25. The van der Waals surface area contributed by atoms with E-state index in [1.807, 2.05) is 6.92 Å². The first-order chi connectivity index (χ1) is 10.6. The minimum Gasteiger partial charge on any atom is -0.478 e. The molecule has 0 bridgehead atoms. The van der Waals surface area contributed by atoms with Gasteiger partial charge < -0.3 is 20.1 Å². The van der Waals surface area contributed by atoms with Crippen LogP contribution < -0.4 is 5.32 Å². The summed E-state index contributed by atoms with van der Waals surface area (Å²) in [5, 5.41) is 11.7. The average molecular weight is 306 g/mol. The minimum atomic E-state index is -0.951. The van der Waals surface area contributed by atoms with Crippen LogP contribution in [0.25, 0.3) is 0 Å². The van der Waals surface area contributed by atoms with E-state index in [9.17, 15) is 9.59 Å². The molecular weight excluding hydrogens is 284 g/mol. The molecule has 120 valence electrons. The smallest absolute Gasteiger partial charge is 0.335 e. The maximum atomic E-state index is 12.1. The molecule has 1 fully saturated rings.